The summed E-state index contributed by atoms with van der Waals surface area (Å²) in [7, 11) is 1.51. The molecule has 3 nitrogen and oxygen atoms in total. The van der Waals surface area contributed by atoms with Gasteiger partial charge in [0.1, 0.15) is 5.75 Å². The molecule has 1 N–H and O–H groups in total. The van der Waals surface area contributed by atoms with E-state index in [0.29, 0.717) is 11.4 Å². The average molecular weight is 305 g/mol. The van der Waals surface area contributed by atoms with Gasteiger partial charge in [0.25, 0.3) is 5.91 Å². The van der Waals surface area contributed by atoms with Crippen LogP contribution < -0.4 is 10.1 Å². The minimum atomic E-state index is -3.42. The molecular formula is C17H17F2NO2. The van der Waals surface area contributed by atoms with Crippen molar-refractivity contribution in [1.82, 2.24) is 0 Å². The van der Waals surface area contributed by atoms with Crippen LogP contribution in [-0.4, -0.2) is 18.9 Å². The molecule has 0 aromatic heterocycles. The summed E-state index contributed by atoms with van der Waals surface area (Å²) in [5, 5.41) is 2.23. The third kappa shape index (κ3) is 4.28. The molecule has 2 aromatic rings. The lowest BCUT2D eigenvalue weighted by molar-refractivity contribution is -0.140. The van der Waals surface area contributed by atoms with E-state index in [1.54, 1.807) is 36.4 Å². The first-order chi connectivity index (χ1) is 10.5. The Balaban J connectivity index is 1.94. The van der Waals surface area contributed by atoms with Gasteiger partial charge in [-0.05, 0) is 36.2 Å². The lowest BCUT2D eigenvalue weighted by Gasteiger charge is -2.16. The molecule has 0 aliphatic heterocycles. The summed E-state index contributed by atoms with van der Waals surface area (Å²) in [4.78, 5) is 11.7. The number of nitrogens with one attached hydrogen (secondary N) is 1. The summed E-state index contributed by atoms with van der Waals surface area (Å²) < 4.78 is 32.8. The van der Waals surface area contributed by atoms with Crippen molar-refractivity contribution in [3.05, 3.63) is 60.2 Å². The highest BCUT2D eigenvalue weighted by Crippen LogP contribution is 2.24. The molecule has 0 aliphatic rings. The Hall–Kier alpha value is -2.43. The van der Waals surface area contributed by atoms with Crippen LogP contribution in [0.25, 0.3) is 0 Å². The lowest BCUT2D eigenvalue weighted by atomic mass is 10.1. The number of carbonyl (C=O) groups excluding carboxylic acids is 1. The highest BCUT2D eigenvalue weighted by molar-refractivity contribution is 5.96. The zero-order valence-corrected chi connectivity index (χ0v) is 12.2. The number of methoxy groups -OCH3 is 1. The highest BCUT2D eigenvalue weighted by atomic mass is 19.3. The summed E-state index contributed by atoms with van der Waals surface area (Å²) in [6, 6.07) is 15.1. The summed E-state index contributed by atoms with van der Waals surface area (Å²) in [5.74, 6) is -4.13. The van der Waals surface area contributed by atoms with Crippen molar-refractivity contribution in [2.45, 2.75) is 18.8 Å². The number of ether oxygens (including phenoxy) is 1. The Bertz CT molecular complexity index is 612. The second-order valence-corrected chi connectivity index (χ2v) is 4.87. The van der Waals surface area contributed by atoms with Crippen LogP contribution in [0.15, 0.2) is 54.6 Å². The molecule has 22 heavy (non-hydrogen) atoms. The van der Waals surface area contributed by atoms with Gasteiger partial charge in [-0.15, -0.1) is 0 Å². The average Bonchev–Trinajstić information content (AvgIpc) is 2.54. The molecule has 0 spiro atoms. The normalized spacial score (nSPS) is 11.0. The van der Waals surface area contributed by atoms with Gasteiger partial charge in [0, 0.05) is 12.1 Å². The maximum Gasteiger partial charge on any atom is 0.325 e. The molecule has 0 bridgehead atoms. The molecule has 0 atom stereocenters. The fourth-order valence-corrected chi connectivity index (χ4v) is 1.96. The molecule has 0 aliphatic carbocycles. The Morgan fingerprint density at radius 1 is 1.09 bits per heavy atom. The van der Waals surface area contributed by atoms with Crippen molar-refractivity contribution in [2.24, 2.45) is 0 Å². The Morgan fingerprint density at radius 2 is 1.73 bits per heavy atom. The third-order valence-corrected chi connectivity index (χ3v) is 3.25. The first-order valence-electron chi connectivity index (χ1n) is 6.88. The van der Waals surface area contributed by atoms with Crippen molar-refractivity contribution < 1.29 is 18.3 Å². The van der Waals surface area contributed by atoms with Gasteiger partial charge in [-0.2, -0.15) is 8.78 Å². The van der Waals surface area contributed by atoms with Crippen molar-refractivity contribution in [3.63, 3.8) is 0 Å². The molecule has 1 amide bonds. The van der Waals surface area contributed by atoms with Crippen molar-refractivity contribution in [3.8, 4) is 5.75 Å². The molecule has 2 aromatic carbocycles. The minimum Gasteiger partial charge on any atom is -0.497 e. The second kappa shape index (κ2) is 7.02. The monoisotopic (exact) mass is 305 g/mol. The van der Waals surface area contributed by atoms with Gasteiger partial charge < -0.3 is 10.1 Å². The first kappa shape index (κ1) is 15.9. The summed E-state index contributed by atoms with van der Waals surface area (Å²) in [6.45, 7) is 0. The van der Waals surface area contributed by atoms with E-state index < -0.39 is 18.3 Å². The first-order valence-corrected chi connectivity index (χ1v) is 6.88. The topological polar surface area (TPSA) is 38.3 Å². The molecule has 0 saturated carbocycles. The van der Waals surface area contributed by atoms with Crippen molar-refractivity contribution >= 4 is 11.6 Å². The standard InChI is InChI=1S/C17H17F2NO2/c1-22-15-9-7-14(8-10-15)20-16(21)17(18,19)12-11-13-5-3-2-4-6-13/h2-10H,11-12H2,1H3,(H,20,21). The number of rotatable bonds is 6. The highest BCUT2D eigenvalue weighted by Gasteiger charge is 2.38. The van der Waals surface area contributed by atoms with Crippen LogP contribution in [0.4, 0.5) is 14.5 Å². The molecule has 0 heterocycles. The number of halogens is 2. The number of carbonyl (C=O) groups is 1. The minimum absolute atomic E-state index is 0.143. The summed E-state index contributed by atoms with van der Waals surface area (Å²) in [5.41, 5.74) is 1.09. The zero-order valence-electron chi connectivity index (χ0n) is 12.2. The van der Waals surface area contributed by atoms with E-state index in [4.69, 9.17) is 4.74 Å². The van der Waals surface area contributed by atoms with Gasteiger partial charge in [0.2, 0.25) is 0 Å². The molecule has 0 saturated heterocycles. The van der Waals surface area contributed by atoms with Crippen LogP contribution >= 0.6 is 0 Å². The van der Waals surface area contributed by atoms with E-state index >= 15 is 0 Å². The quantitative estimate of drug-likeness (QED) is 0.879. The molecule has 5 heteroatoms. The second-order valence-electron chi connectivity index (χ2n) is 4.87. The van der Waals surface area contributed by atoms with E-state index in [9.17, 15) is 13.6 Å². The number of hydrogen-bond donors (Lipinski definition) is 1. The van der Waals surface area contributed by atoms with Crippen LogP contribution in [-0.2, 0) is 11.2 Å². The summed E-state index contributed by atoms with van der Waals surface area (Å²) >= 11 is 0. The summed E-state index contributed by atoms with van der Waals surface area (Å²) in [6.07, 6.45) is -0.386. The zero-order chi connectivity index (χ0) is 16.0. The third-order valence-electron chi connectivity index (χ3n) is 3.25. The van der Waals surface area contributed by atoms with Crippen LogP contribution in [0.5, 0.6) is 5.75 Å². The number of amides is 1. The van der Waals surface area contributed by atoms with Crippen LogP contribution in [0.3, 0.4) is 0 Å². The maximum absolute atomic E-state index is 13.9. The van der Waals surface area contributed by atoms with Crippen molar-refractivity contribution in [1.29, 1.82) is 0 Å². The number of aryl methyl sites for hydroxylation is 1. The van der Waals surface area contributed by atoms with E-state index in [0.717, 1.165) is 5.56 Å². The lowest BCUT2D eigenvalue weighted by Crippen LogP contribution is -2.35. The molecular weight excluding hydrogens is 288 g/mol. The van der Waals surface area contributed by atoms with Crippen molar-refractivity contribution in [2.75, 3.05) is 12.4 Å². The molecule has 0 fully saturated rings. The Morgan fingerprint density at radius 3 is 2.32 bits per heavy atom. The van der Waals surface area contributed by atoms with Gasteiger partial charge in [0.15, 0.2) is 0 Å². The van der Waals surface area contributed by atoms with E-state index in [1.165, 1.54) is 19.2 Å². The van der Waals surface area contributed by atoms with Gasteiger partial charge in [-0.25, -0.2) is 0 Å². The Labute approximate surface area is 127 Å². The van der Waals surface area contributed by atoms with Gasteiger partial charge >= 0.3 is 5.92 Å². The molecule has 0 radical (unpaired) electrons. The maximum atomic E-state index is 13.9. The number of alkyl halides is 2. The molecule has 0 unspecified atom stereocenters. The predicted molar refractivity (Wildman–Crippen MR) is 81.3 cm³/mol. The fraction of sp³-hybridized carbons (Fsp3) is 0.235. The van der Waals surface area contributed by atoms with E-state index in [2.05, 4.69) is 5.32 Å². The SMILES string of the molecule is COc1ccc(NC(=O)C(F)(F)CCc2ccccc2)cc1. The molecule has 2 rings (SSSR count). The molecule has 116 valence electrons. The van der Waals surface area contributed by atoms with Gasteiger partial charge in [-0.1, -0.05) is 30.3 Å². The number of hydrogen-bond acceptors (Lipinski definition) is 2. The van der Waals surface area contributed by atoms with Crippen LogP contribution in [0.1, 0.15) is 12.0 Å². The Kier molecular flexibility index (Phi) is 5.09. The van der Waals surface area contributed by atoms with E-state index in [1.807, 2.05) is 6.07 Å². The smallest absolute Gasteiger partial charge is 0.325 e. The van der Waals surface area contributed by atoms with Gasteiger partial charge in [-0.3, -0.25) is 4.79 Å². The largest absolute Gasteiger partial charge is 0.497 e. The predicted octanol–water partition coefficient (Wildman–Crippen LogP) is 3.90. The number of benzene rings is 2. The van der Waals surface area contributed by atoms with Gasteiger partial charge in [0.05, 0.1) is 7.11 Å². The van der Waals surface area contributed by atoms with E-state index in [-0.39, 0.29) is 6.42 Å². The van der Waals surface area contributed by atoms with Crippen LogP contribution in [0, 0.1) is 0 Å². The van der Waals surface area contributed by atoms with Crippen LogP contribution in [0.2, 0.25) is 0 Å². The fourth-order valence-electron chi connectivity index (χ4n) is 1.96. The number of anilines is 1.